The highest BCUT2D eigenvalue weighted by Crippen LogP contribution is 2.30. The molecule has 8 nitrogen and oxygen atoms in total. The molecule has 0 spiro atoms. The number of carbonyl (C=O) groups is 1. The molecule has 3 aromatic heterocycles. The molecule has 1 fully saturated rings. The van der Waals surface area contributed by atoms with Gasteiger partial charge in [0, 0.05) is 31.1 Å². The summed E-state index contributed by atoms with van der Waals surface area (Å²) >= 11 is 0. The monoisotopic (exact) mass is 417 g/mol. The Labute approximate surface area is 177 Å². The molecule has 2 atom stereocenters. The van der Waals surface area contributed by atoms with Crippen molar-refractivity contribution in [2.24, 2.45) is 13.0 Å². The van der Waals surface area contributed by atoms with Gasteiger partial charge in [-0.15, -0.1) is 0 Å². The van der Waals surface area contributed by atoms with Crippen LogP contribution in [0.4, 0.5) is 4.39 Å². The Morgan fingerprint density at radius 2 is 2.29 bits per heavy atom. The Hall–Kier alpha value is -3.80. The molecule has 2 N–H and O–H groups in total. The standard InChI is InChI=1S/C22H20FN7O/c1-30-18-9-13(23)3-5-15(18)19(29-30)17-11-26-21-20(28-17)16(10-25-21)22(31)27-14-4-2-12(8-14)6-7-24/h3,5,9-12,14H,2,4,6,8H2,1H3,(H,25,26)(H,27,31)/t12-,14-/m1/s1. The lowest BCUT2D eigenvalue weighted by Gasteiger charge is -2.12. The molecule has 0 saturated heterocycles. The van der Waals surface area contributed by atoms with Crippen molar-refractivity contribution in [1.29, 1.82) is 5.26 Å². The third kappa shape index (κ3) is 3.40. The number of amides is 1. The van der Waals surface area contributed by atoms with Crippen LogP contribution in [0.3, 0.4) is 0 Å². The SMILES string of the molecule is Cn1nc(-c2cnc3[nH]cc(C(=O)N[C@@H]4CC[C@H](CC#N)C4)c3n2)c2ccc(F)cc21. The number of hydrogen-bond donors (Lipinski definition) is 2. The van der Waals surface area contributed by atoms with Gasteiger partial charge in [-0.3, -0.25) is 9.48 Å². The van der Waals surface area contributed by atoms with Crippen molar-refractivity contribution in [2.75, 3.05) is 0 Å². The summed E-state index contributed by atoms with van der Waals surface area (Å²) in [5.41, 5.74) is 3.12. The van der Waals surface area contributed by atoms with Gasteiger partial charge in [0.1, 0.15) is 22.7 Å². The minimum Gasteiger partial charge on any atom is -0.349 e. The first-order chi connectivity index (χ1) is 15.0. The van der Waals surface area contributed by atoms with Crippen LogP contribution in [-0.4, -0.2) is 36.7 Å². The first kappa shape index (κ1) is 19.2. The molecular formula is C22H20FN7O. The number of hydrogen-bond acceptors (Lipinski definition) is 5. The van der Waals surface area contributed by atoms with E-state index in [-0.39, 0.29) is 17.8 Å². The van der Waals surface area contributed by atoms with Crippen molar-refractivity contribution in [3.05, 3.63) is 42.0 Å². The van der Waals surface area contributed by atoms with E-state index in [1.807, 2.05) is 0 Å². The predicted octanol–water partition coefficient (Wildman–Crippen LogP) is 3.46. The number of halogens is 1. The van der Waals surface area contributed by atoms with Crippen molar-refractivity contribution in [1.82, 2.24) is 30.0 Å². The maximum Gasteiger partial charge on any atom is 0.255 e. The molecular weight excluding hydrogens is 397 g/mol. The van der Waals surface area contributed by atoms with Crippen LogP contribution >= 0.6 is 0 Å². The largest absolute Gasteiger partial charge is 0.349 e. The summed E-state index contributed by atoms with van der Waals surface area (Å²) in [7, 11) is 1.74. The van der Waals surface area contributed by atoms with E-state index in [2.05, 4.69) is 31.4 Å². The quantitative estimate of drug-likeness (QED) is 0.528. The fourth-order valence-electron chi connectivity index (χ4n) is 4.38. The predicted molar refractivity (Wildman–Crippen MR) is 112 cm³/mol. The van der Waals surface area contributed by atoms with Crippen LogP contribution in [-0.2, 0) is 7.05 Å². The lowest BCUT2D eigenvalue weighted by molar-refractivity contribution is 0.0938. The van der Waals surface area contributed by atoms with Gasteiger partial charge in [0.15, 0.2) is 5.65 Å². The normalized spacial score (nSPS) is 18.5. The van der Waals surface area contributed by atoms with Gasteiger partial charge in [-0.05, 0) is 43.4 Å². The second-order valence-corrected chi connectivity index (χ2v) is 8.00. The molecule has 0 unspecified atom stereocenters. The Morgan fingerprint density at radius 1 is 1.42 bits per heavy atom. The van der Waals surface area contributed by atoms with Crippen LogP contribution in [0.15, 0.2) is 30.6 Å². The number of H-pyrrole nitrogens is 1. The van der Waals surface area contributed by atoms with E-state index < -0.39 is 0 Å². The number of rotatable bonds is 4. The molecule has 1 aliphatic rings. The van der Waals surface area contributed by atoms with E-state index in [0.29, 0.717) is 46.0 Å². The van der Waals surface area contributed by atoms with Gasteiger partial charge in [0.25, 0.3) is 5.91 Å². The van der Waals surface area contributed by atoms with Gasteiger partial charge in [-0.2, -0.15) is 10.4 Å². The van der Waals surface area contributed by atoms with Gasteiger partial charge in [0.2, 0.25) is 0 Å². The van der Waals surface area contributed by atoms with Gasteiger partial charge in [0.05, 0.1) is 23.3 Å². The molecule has 5 rings (SSSR count). The van der Waals surface area contributed by atoms with Crippen LogP contribution in [0.1, 0.15) is 36.0 Å². The second kappa shape index (κ2) is 7.47. The maximum atomic E-state index is 13.6. The molecule has 0 bridgehead atoms. The summed E-state index contributed by atoms with van der Waals surface area (Å²) in [6.45, 7) is 0. The number of benzene rings is 1. The van der Waals surface area contributed by atoms with Crippen LogP contribution in [0.25, 0.3) is 33.5 Å². The summed E-state index contributed by atoms with van der Waals surface area (Å²) < 4.78 is 15.2. The molecule has 0 radical (unpaired) electrons. The molecule has 3 heterocycles. The molecule has 1 saturated carbocycles. The Balaban J connectivity index is 1.47. The zero-order valence-corrected chi connectivity index (χ0v) is 16.9. The topological polar surface area (TPSA) is 112 Å². The average Bonchev–Trinajstić information content (AvgIpc) is 3.45. The number of carbonyl (C=O) groups excluding carboxylic acids is 1. The Bertz CT molecular complexity index is 1350. The third-order valence-electron chi connectivity index (χ3n) is 5.94. The average molecular weight is 417 g/mol. The first-order valence-corrected chi connectivity index (χ1v) is 10.2. The Kier molecular flexibility index (Phi) is 4.62. The van der Waals surface area contributed by atoms with Gasteiger partial charge >= 0.3 is 0 Å². The number of aryl methyl sites for hydroxylation is 1. The molecule has 4 aromatic rings. The molecule has 156 valence electrons. The van der Waals surface area contributed by atoms with Gasteiger partial charge in [-0.1, -0.05) is 0 Å². The minimum absolute atomic E-state index is 0.0570. The lowest BCUT2D eigenvalue weighted by Crippen LogP contribution is -2.32. The maximum absolute atomic E-state index is 13.6. The summed E-state index contributed by atoms with van der Waals surface area (Å²) in [6, 6.07) is 6.74. The number of aromatic amines is 1. The minimum atomic E-state index is -0.336. The highest BCUT2D eigenvalue weighted by molar-refractivity contribution is 6.05. The van der Waals surface area contributed by atoms with Crippen molar-refractivity contribution < 1.29 is 9.18 Å². The van der Waals surface area contributed by atoms with Gasteiger partial charge < -0.3 is 10.3 Å². The number of nitrogens with one attached hydrogen (secondary N) is 2. The molecule has 31 heavy (non-hydrogen) atoms. The molecule has 0 aliphatic heterocycles. The van der Waals surface area contributed by atoms with Crippen LogP contribution < -0.4 is 5.32 Å². The number of fused-ring (bicyclic) bond motifs is 2. The van der Waals surface area contributed by atoms with Crippen LogP contribution in [0, 0.1) is 23.1 Å². The molecule has 1 aromatic carbocycles. The molecule has 9 heteroatoms. The van der Waals surface area contributed by atoms with Crippen molar-refractivity contribution in [3.8, 4) is 17.5 Å². The van der Waals surface area contributed by atoms with E-state index in [1.54, 1.807) is 30.2 Å². The molecule has 1 aliphatic carbocycles. The van der Waals surface area contributed by atoms with E-state index in [9.17, 15) is 9.18 Å². The van der Waals surface area contributed by atoms with Crippen molar-refractivity contribution in [3.63, 3.8) is 0 Å². The highest BCUT2D eigenvalue weighted by atomic mass is 19.1. The van der Waals surface area contributed by atoms with Gasteiger partial charge in [-0.25, -0.2) is 14.4 Å². The number of aromatic nitrogens is 5. The number of nitriles is 1. The van der Waals surface area contributed by atoms with Crippen molar-refractivity contribution >= 4 is 28.0 Å². The fourth-order valence-corrected chi connectivity index (χ4v) is 4.38. The zero-order valence-electron chi connectivity index (χ0n) is 16.9. The van der Waals surface area contributed by atoms with Crippen LogP contribution in [0.2, 0.25) is 0 Å². The smallest absolute Gasteiger partial charge is 0.255 e. The Morgan fingerprint density at radius 3 is 3.13 bits per heavy atom. The van der Waals surface area contributed by atoms with Crippen LogP contribution in [0.5, 0.6) is 0 Å². The summed E-state index contributed by atoms with van der Waals surface area (Å²) in [5.74, 6) is -0.211. The fraction of sp³-hybridized carbons (Fsp3) is 0.318. The molecule has 1 amide bonds. The van der Waals surface area contributed by atoms with Crippen molar-refractivity contribution in [2.45, 2.75) is 31.7 Å². The lowest BCUT2D eigenvalue weighted by atomic mass is 10.1. The summed E-state index contributed by atoms with van der Waals surface area (Å²) in [4.78, 5) is 25.0. The zero-order chi connectivity index (χ0) is 21.5. The van der Waals surface area contributed by atoms with E-state index in [1.165, 1.54) is 12.1 Å². The summed E-state index contributed by atoms with van der Waals surface area (Å²) in [5, 5.41) is 17.2. The second-order valence-electron chi connectivity index (χ2n) is 8.00. The van der Waals surface area contributed by atoms with E-state index in [4.69, 9.17) is 5.26 Å². The summed E-state index contributed by atoms with van der Waals surface area (Å²) in [6.07, 6.45) is 6.36. The first-order valence-electron chi connectivity index (χ1n) is 10.2. The highest BCUT2D eigenvalue weighted by Gasteiger charge is 2.27. The third-order valence-corrected chi connectivity index (χ3v) is 5.94. The van der Waals surface area contributed by atoms with E-state index in [0.717, 1.165) is 24.6 Å². The van der Waals surface area contributed by atoms with E-state index >= 15 is 0 Å². The number of nitrogens with zero attached hydrogens (tertiary/aromatic N) is 5.